The fourth-order valence-electron chi connectivity index (χ4n) is 8.57. The average molecular weight is 730 g/mol. The molecular formula is C55H39NO. The summed E-state index contributed by atoms with van der Waals surface area (Å²) in [6.45, 7) is 0. The lowest BCUT2D eigenvalue weighted by molar-refractivity contribution is 0.434. The normalized spacial score (nSPS) is 12.5. The van der Waals surface area contributed by atoms with Crippen LogP contribution in [-0.2, 0) is 5.41 Å². The van der Waals surface area contributed by atoms with E-state index in [1.807, 2.05) is 0 Å². The van der Waals surface area contributed by atoms with Gasteiger partial charge in [-0.1, -0.05) is 182 Å². The molecule has 0 spiro atoms. The zero-order valence-corrected chi connectivity index (χ0v) is 31.4. The van der Waals surface area contributed by atoms with Crippen LogP contribution in [-0.4, -0.2) is 0 Å². The van der Waals surface area contributed by atoms with Gasteiger partial charge in [0.15, 0.2) is 0 Å². The SMILES string of the molecule is c1ccc(-c2ccc(N(c3cc(-c4ccccc4)cc(-c4ccccc4)c3)c3cccc(C4(c5ccccc5)c5ccccc5Oc5ccccc54)c3)cc2)cc1. The lowest BCUT2D eigenvalue weighted by Gasteiger charge is -2.42. The van der Waals surface area contributed by atoms with Gasteiger partial charge in [0.2, 0.25) is 0 Å². The molecular weight excluding hydrogens is 691 g/mol. The Bertz CT molecular complexity index is 2690. The van der Waals surface area contributed by atoms with Gasteiger partial charge in [0.25, 0.3) is 0 Å². The Labute approximate surface area is 334 Å². The second kappa shape index (κ2) is 14.7. The fraction of sp³-hybridized carbons (Fsp3) is 0.0182. The molecule has 0 amide bonds. The smallest absolute Gasteiger partial charge is 0.132 e. The summed E-state index contributed by atoms with van der Waals surface area (Å²) in [4.78, 5) is 2.41. The van der Waals surface area contributed by atoms with Gasteiger partial charge >= 0.3 is 0 Å². The summed E-state index contributed by atoms with van der Waals surface area (Å²) in [7, 11) is 0. The zero-order chi connectivity index (χ0) is 38.0. The molecule has 270 valence electrons. The van der Waals surface area contributed by atoms with Gasteiger partial charge in [-0.15, -0.1) is 0 Å². The number of nitrogens with zero attached hydrogens (tertiary/aromatic N) is 1. The summed E-state index contributed by atoms with van der Waals surface area (Å²) in [5, 5.41) is 0. The van der Waals surface area contributed by atoms with Crippen LogP contribution in [0.25, 0.3) is 33.4 Å². The molecule has 57 heavy (non-hydrogen) atoms. The van der Waals surface area contributed by atoms with Crippen molar-refractivity contribution in [3.05, 3.63) is 259 Å². The van der Waals surface area contributed by atoms with Crippen LogP contribution in [0, 0.1) is 0 Å². The number of fused-ring (bicyclic) bond motifs is 2. The molecule has 0 saturated carbocycles. The molecule has 0 unspecified atom stereocenters. The Kier molecular flexibility index (Phi) is 8.78. The Morgan fingerprint density at radius 3 is 1.26 bits per heavy atom. The number of hydrogen-bond donors (Lipinski definition) is 0. The van der Waals surface area contributed by atoms with E-state index in [9.17, 15) is 0 Å². The Balaban J connectivity index is 1.23. The van der Waals surface area contributed by atoms with Crippen molar-refractivity contribution in [1.29, 1.82) is 0 Å². The van der Waals surface area contributed by atoms with Crippen LogP contribution in [0.5, 0.6) is 11.5 Å². The van der Waals surface area contributed by atoms with Gasteiger partial charge in [-0.25, -0.2) is 0 Å². The van der Waals surface area contributed by atoms with Crippen LogP contribution >= 0.6 is 0 Å². The highest BCUT2D eigenvalue weighted by Crippen LogP contribution is 2.56. The zero-order valence-electron chi connectivity index (χ0n) is 31.4. The van der Waals surface area contributed by atoms with Crippen molar-refractivity contribution >= 4 is 17.1 Å². The minimum atomic E-state index is -0.646. The summed E-state index contributed by atoms with van der Waals surface area (Å²) < 4.78 is 6.64. The summed E-state index contributed by atoms with van der Waals surface area (Å²) in [5.74, 6) is 1.73. The maximum absolute atomic E-state index is 6.64. The molecule has 0 atom stereocenters. The Morgan fingerprint density at radius 1 is 0.281 bits per heavy atom. The molecule has 9 aromatic rings. The Hall–Kier alpha value is -7.42. The summed E-state index contributed by atoms with van der Waals surface area (Å²) in [6, 6.07) is 84.8. The lowest BCUT2D eigenvalue weighted by atomic mass is 9.63. The van der Waals surface area contributed by atoms with Gasteiger partial charge in [0, 0.05) is 28.2 Å². The molecule has 1 aliphatic heterocycles. The third kappa shape index (κ3) is 6.18. The standard InChI is InChI=1S/C55H39NO/c1-5-18-40(19-6-1)43-32-34-48(35-33-43)56(50-37-44(41-20-7-2-8-21-41)36-45(38-50)42-22-9-3-10-23-42)49-27-17-26-47(39-49)55(46-24-11-4-12-25-46)51-28-13-15-30-53(51)57-54-31-16-14-29-52(54)55/h1-39H. The summed E-state index contributed by atoms with van der Waals surface area (Å²) in [5.41, 5.74) is 14.1. The van der Waals surface area contributed by atoms with E-state index in [4.69, 9.17) is 4.74 Å². The van der Waals surface area contributed by atoms with Crippen LogP contribution in [0.3, 0.4) is 0 Å². The molecule has 0 bridgehead atoms. The monoisotopic (exact) mass is 729 g/mol. The third-order valence-electron chi connectivity index (χ3n) is 11.2. The van der Waals surface area contributed by atoms with Crippen LogP contribution in [0.2, 0.25) is 0 Å². The van der Waals surface area contributed by atoms with Crippen molar-refractivity contribution in [1.82, 2.24) is 0 Å². The van der Waals surface area contributed by atoms with Crippen LogP contribution in [0.4, 0.5) is 17.1 Å². The van der Waals surface area contributed by atoms with Crippen molar-refractivity contribution < 1.29 is 4.74 Å². The highest BCUT2D eigenvalue weighted by molar-refractivity contribution is 5.86. The van der Waals surface area contributed by atoms with Gasteiger partial charge < -0.3 is 9.64 Å². The fourth-order valence-corrected chi connectivity index (χ4v) is 8.57. The molecule has 2 nitrogen and oxygen atoms in total. The Morgan fingerprint density at radius 2 is 0.719 bits per heavy atom. The van der Waals surface area contributed by atoms with Crippen molar-refractivity contribution in [2.75, 3.05) is 4.90 Å². The largest absolute Gasteiger partial charge is 0.457 e. The van der Waals surface area contributed by atoms with Gasteiger partial charge in [0.05, 0.1) is 5.41 Å². The molecule has 1 aliphatic rings. The molecule has 0 N–H and O–H groups in total. The van der Waals surface area contributed by atoms with E-state index in [0.29, 0.717) is 0 Å². The van der Waals surface area contributed by atoms with Crippen LogP contribution in [0.15, 0.2) is 237 Å². The first-order chi connectivity index (χ1) is 28.3. The number of rotatable bonds is 8. The quantitative estimate of drug-likeness (QED) is 0.154. The molecule has 1 heterocycles. The first-order valence-corrected chi connectivity index (χ1v) is 19.5. The van der Waals surface area contributed by atoms with E-state index in [1.54, 1.807) is 0 Å². The lowest BCUT2D eigenvalue weighted by Crippen LogP contribution is -2.34. The van der Waals surface area contributed by atoms with Crippen molar-refractivity contribution in [2.45, 2.75) is 5.41 Å². The third-order valence-corrected chi connectivity index (χ3v) is 11.2. The molecule has 0 radical (unpaired) electrons. The molecule has 10 rings (SSSR count). The number of benzene rings is 9. The summed E-state index contributed by atoms with van der Waals surface area (Å²) in [6.07, 6.45) is 0. The topological polar surface area (TPSA) is 12.5 Å². The van der Waals surface area contributed by atoms with E-state index < -0.39 is 5.41 Å². The van der Waals surface area contributed by atoms with Crippen LogP contribution < -0.4 is 9.64 Å². The van der Waals surface area contributed by atoms with Crippen molar-refractivity contribution in [3.8, 4) is 44.9 Å². The number of para-hydroxylation sites is 2. The van der Waals surface area contributed by atoms with E-state index >= 15 is 0 Å². The maximum Gasteiger partial charge on any atom is 0.132 e. The predicted octanol–water partition coefficient (Wildman–Crippen LogP) is 14.6. The molecule has 9 aromatic carbocycles. The molecule has 2 heteroatoms. The minimum Gasteiger partial charge on any atom is -0.457 e. The minimum absolute atomic E-state index is 0.646. The van der Waals surface area contributed by atoms with Gasteiger partial charge in [-0.05, 0) is 99.1 Å². The van der Waals surface area contributed by atoms with Gasteiger partial charge in [-0.3, -0.25) is 0 Å². The van der Waals surface area contributed by atoms with Crippen molar-refractivity contribution in [3.63, 3.8) is 0 Å². The van der Waals surface area contributed by atoms with Crippen molar-refractivity contribution in [2.24, 2.45) is 0 Å². The molecule has 0 fully saturated rings. The highest BCUT2D eigenvalue weighted by atomic mass is 16.5. The van der Waals surface area contributed by atoms with E-state index in [1.165, 1.54) is 27.8 Å². The number of anilines is 3. The van der Waals surface area contributed by atoms with Gasteiger partial charge in [0.1, 0.15) is 11.5 Å². The van der Waals surface area contributed by atoms with E-state index in [-0.39, 0.29) is 0 Å². The second-order valence-electron chi connectivity index (χ2n) is 14.5. The summed E-state index contributed by atoms with van der Waals surface area (Å²) >= 11 is 0. The second-order valence-corrected chi connectivity index (χ2v) is 14.5. The molecule has 0 saturated heterocycles. The highest BCUT2D eigenvalue weighted by Gasteiger charge is 2.45. The molecule has 0 aromatic heterocycles. The van der Waals surface area contributed by atoms with E-state index in [0.717, 1.165) is 56.4 Å². The average Bonchev–Trinajstić information content (AvgIpc) is 3.30. The first kappa shape index (κ1) is 34.1. The predicted molar refractivity (Wildman–Crippen MR) is 236 cm³/mol. The van der Waals surface area contributed by atoms with Gasteiger partial charge in [-0.2, -0.15) is 0 Å². The maximum atomic E-state index is 6.64. The molecule has 0 aliphatic carbocycles. The van der Waals surface area contributed by atoms with Crippen LogP contribution in [0.1, 0.15) is 22.3 Å². The van der Waals surface area contributed by atoms with E-state index in [2.05, 4.69) is 241 Å². The first-order valence-electron chi connectivity index (χ1n) is 19.5. The number of hydrogen-bond acceptors (Lipinski definition) is 2. The number of ether oxygens (including phenoxy) is 1.